The monoisotopic (exact) mass is 182 g/mol. The maximum absolute atomic E-state index is 11.8. The lowest BCUT2D eigenvalue weighted by atomic mass is 9.73. The molecule has 2 fully saturated rings. The molecule has 0 unspecified atom stereocenters. The van der Waals surface area contributed by atoms with Crippen LogP contribution < -0.4 is 0 Å². The Morgan fingerprint density at radius 3 is 1.92 bits per heavy atom. The van der Waals surface area contributed by atoms with Crippen LogP contribution >= 0.6 is 0 Å². The second-order valence-corrected chi connectivity index (χ2v) is 4.54. The molecule has 0 aromatic heterocycles. The van der Waals surface area contributed by atoms with Crippen molar-refractivity contribution in [2.45, 2.75) is 51.0 Å². The van der Waals surface area contributed by atoms with Gasteiger partial charge in [-0.25, -0.2) is 0 Å². The van der Waals surface area contributed by atoms with Crippen molar-refractivity contribution in [3.63, 3.8) is 0 Å². The zero-order valence-corrected chi connectivity index (χ0v) is 8.04. The van der Waals surface area contributed by atoms with Gasteiger partial charge in [0.15, 0.2) is 0 Å². The van der Waals surface area contributed by atoms with Crippen molar-refractivity contribution in [2.75, 3.05) is 0 Å². The second kappa shape index (κ2) is 3.79. The average molecular weight is 182 g/mol. The number of aliphatic hydroxyl groups excluding tert-OH is 1. The molecular formula is C11H18O2. The lowest BCUT2D eigenvalue weighted by Gasteiger charge is -2.31. The highest BCUT2D eigenvalue weighted by Gasteiger charge is 2.32. The fourth-order valence-electron chi connectivity index (χ4n) is 2.39. The molecule has 13 heavy (non-hydrogen) atoms. The maximum Gasteiger partial charge on any atom is 0.139 e. The Labute approximate surface area is 79.3 Å². The van der Waals surface area contributed by atoms with E-state index in [0.717, 1.165) is 38.5 Å². The molecule has 0 heterocycles. The number of carbonyl (C=O) groups is 1. The van der Waals surface area contributed by atoms with E-state index in [1.807, 2.05) is 0 Å². The predicted molar refractivity (Wildman–Crippen MR) is 50.3 cm³/mol. The van der Waals surface area contributed by atoms with Gasteiger partial charge in [-0.2, -0.15) is 0 Å². The van der Waals surface area contributed by atoms with Crippen molar-refractivity contribution in [2.24, 2.45) is 11.8 Å². The van der Waals surface area contributed by atoms with Crippen molar-refractivity contribution >= 4 is 5.78 Å². The summed E-state index contributed by atoms with van der Waals surface area (Å²) in [5, 5.41) is 9.31. The zero-order chi connectivity index (χ0) is 9.26. The summed E-state index contributed by atoms with van der Waals surface area (Å²) in [6.45, 7) is 0. The molecule has 0 radical (unpaired) electrons. The second-order valence-electron chi connectivity index (χ2n) is 4.54. The van der Waals surface area contributed by atoms with E-state index in [0.29, 0.717) is 11.7 Å². The largest absolute Gasteiger partial charge is 0.393 e. The van der Waals surface area contributed by atoms with Gasteiger partial charge in [-0.05, 0) is 38.5 Å². The van der Waals surface area contributed by atoms with Gasteiger partial charge in [0.05, 0.1) is 6.10 Å². The van der Waals surface area contributed by atoms with Crippen LogP contribution in [0.1, 0.15) is 44.9 Å². The topological polar surface area (TPSA) is 37.3 Å². The molecule has 2 nitrogen and oxygen atoms in total. The number of Topliss-reactive ketones (excluding diaryl/α,β-unsaturated/α-hetero) is 1. The molecule has 2 aliphatic carbocycles. The number of carbonyl (C=O) groups excluding carboxylic acids is 1. The molecule has 0 aromatic rings. The van der Waals surface area contributed by atoms with Crippen LogP contribution in [0, 0.1) is 11.8 Å². The normalized spacial score (nSPS) is 35.5. The third-order valence-electron chi connectivity index (χ3n) is 3.61. The first-order chi connectivity index (χ1) is 6.27. The van der Waals surface area contributed by atoms with E-state index in [9.17, 15) is 9.90 Å². The number of rotatable bonds is 2. The first-order valence-corrected chi connectivity index (χ1v) is 5.49. The van der Waals surface area contributed by atoms with E-state index in [-0.39, 0.29) is 12.0 Å². The predicted octanol–water partition coefficient (Wildman–Crippen LogP) is 1.91. The number of ketones is 1. The minimum atomic E-state index is -0.134. The van der Waals surface area contributed by atoms with Crippen molar-refractivity contribution in [1.82, 2.24) is 0 Å². The van der Waals surface area contributed by atoms with Crippen LogP contribution in [-0.4, -0.2) is 17.0 Å². The molecule has 2 saturated carbocycles. The van der Waals surface area contributed by atoms with Gasteiger partial charge >= 0.3 is 0 Å². The van der Waals surface area contributed by atoms with Crippen LogP contribution in [0.15, 0.2) is 0 Å². The van der Waals surface area contributed by atoms with Crippen molar-refractivity contribution < 1.29 is 9.90 Å². The number of hydrogen-bond donors (Lipinski definition) is 1. The summed E-state index contributed by atoms with van der Waals surface area (Å²) < 4.78 is 0. The van der Waals surface area contributed by atoms with Gasteiger partial charge in [-0.3, -0.25) is 4.79 Å². The van der Waals surface area contributed by atoms with Gasteiger partial charge < -0.3 is 5.11 Å². The highest BCUT2D eigenvalue weighted by Crippen LogP contribution is 2.34. The Hall–Kier alpha value is -0.370. The molecule has 0 spiro atoms. The molecule has 0 amide bonds. The molecule has 2 aliphatic rings. The zero-order valence-electron chi connectivity index (χ0n) is 8.04. The summed E-state index contributed by atoms with van der Waals surface area (Å²) in [6, 6.07) is 0. The molecule has 0 atom stereocenters. The van der Waals surface area contributed by atoms with E-state index in [1.54, 1.807) is 0 Å². The van der Waals surface area contributed by atoms with Gasteiger partial charge in [0, 0.05) is 11.8 Å². The van der Waals surface area contributed by atoms with Gasteiger partial charge in [-0.15, -0.1) is 0 Å². The number of aliphatic hydroxyl groups is 1. The Morgan fingerprint density at radius 2 is 1.46 bits per heavy atom. The van der Waals surface area contributed by atoms with Gasteiger partial charge in [0.1, 0.15) is 5.78 Å². The molecule has 0 aromatic carbocycles. The molecule has 0 aliphatic heterocycles. The third kappa shape index (κ3) is 1.93. The van der Waals surface area contributed by atoms with Crippen LogP contribution in [-0.2, 0) is 4.79 Å². The molecule has 1 N–H and O–H groups in total. The van der Waals surface area contributed by atoms with E-state index < -0.39 is 0 Å². The first-order valence-electron chi connectivity index (χ1n) is 5.49. The fourth-order valence-corrected chi connectivity index (χ4v) is 2.39. The highest BCUT2D eigenvalue weighted by molar-refractivity contribution is 5.84. The van der Waals surface area contributed by atoms with Crippen LogP contribution in [0.5, 0.6) is 0 Å². The lowest BCUT2D eigenvalue weighted by molar-refractivity contribution is -0.130. The van der Waals surface area contributed by atoms with Crippen LogP contribution in [0.4, 0.5) is 0 Å². The summed E-state index contributed by atoms with van der Waals surface area (Å²) in [7, 11) is 0. The highest BCUT2D eigenvalue weighted by atomic mass is 16.3. The Bertz CT molecular complexity index is 188. The molecule has 2 rings (SSSR count). The molecule has 0 saturated heterocycles. The van der Waals surface area contributed by atoms with E-state index in [4.69, 9.17) is 0 Å². The quantitative estimate of drug-likeness (QED) is 0.708. The smallest absolute Gasteiger partial charge is 0.139 e. The van der Waals surface area contributed by atoms with Crippen molar-refractivity contribution in [3.05, 3.63) is 0 Å². The standard InChI is InChI=1S/C11H18O2/c12-10-6-4-9(5-7-10)11(13)8-2-1-3-8/h8-10,12H,1-7H2. The Morgan fingerprint density at radius 1 is 0.923 bits per heavy atom. The molecular weight excluding hydrogens is 164 g/mol. The van der Waals surface area contributed by atoms with Crippen molar-refractivity contribution in [3.8, 4) is 0 Å². The van der Waals surface area contributed by atoms with E-state index in [2.05, 4.69) is 0 Å². The van der Waals surface area contributed by atoms with Gasteiger partial charge in [0.2, 0.25) is 0 Å². The minimum Gasteiger partial charge on any atom is -0.393 e. The summed E-state index contributed by atoms with van der Waals surface area (Å²) in [6.07, 6.45) is 6.88. The molecule has 74 valence electrons. The van der Waals surface area contributed by atoms with Crippen molar-refractivity contribution in [1.29, 1.82) is 0 Å². The summed E-state index contributed by atoms with van der Waals surface area (Å²) in [5.41, 5.74) is 0. The lowest BCUT2D eigenvalue weighted by Crippen LogP contribution is -2.32. The van der Waals surface area contributed by atoms with Crippen LogP contribution in [0.3, 0.4) is 0 Å². The first kappa shape index (κ1) is 9.20. The van der Waals surface area contributed by atoms with E-state index in [1.165, 1.54) is 6.42 Å². The van der Waals surface area contributed by atoms with Crippen LogP contribution in [0.2, 0.25) is 0 Å². The molecule has 2 heteroatoms. The maximum atomic E-state index is 11.8. The summed E-state index contributed by atoms with van der Waals surface area (Å²) >= 11 is 0. The Kier molecular flexibility index (Phi) is 2.68. The van der Waals surface area contributed by atoms with E-state index >= 15 is 0 Å². The van der Waals surface area contributed by atoms with Gasteiger partial charge in [-0.1, -0.05) is 6.42 Å². The van der Waals surface area contributed by atoms with Gasteiger partial charge in [0.25, 0.3) is 0 Å². The third-order valence-corrected chi connectivity index (χ3v) is 3.61. The Balaban J connectivity index is 1.83. The fraction of sp³-hybridized carbons (Fsp3) is 0.909. The molecule has 0 bridgehead atoms. The number of hydrogen-bond acceptors (Lipinski definition) is 2. The SMILES string of the molecule is O=C(C1CCC1)C1CCC(O)CC1. The summed E-state index contributed by atoms with van der Waals surface area (Å²) in [5.74, 6) is 1.17. The average Bonchev–Trinajstić information content (AvgIpc) is 2.02. The summed E-state index contributed by atoms with van der Waals surface area (Å²) in [4.78, 5) is 11.8. The van der Waals surface area contributed by atoms with Crippen LogP contribution in [0.25, 0.3) is 0 Å². The minimum absolute atomic E-state index is 0.134.